The van der Waals surface area contributed by atoms with E-state index in [-0.39, 0.29) is 0 Å². The zero-order chi connectivity index (χ0) is 11.2. The Morgan fingerprint density at radius 3 is 2.94 bits per heavy atom. The lowest BCUT2D eigenvalue weighted by Crippen LogP contribution is -2.41. The van der Waals surface area contributed by atoms with Gasteiger partial charge in [-0.05, 0) is 5.56 Å². The number of nitrogens with one attached hydrogen (secondary N) is 1. The van der Waals surface area contributed by atoms with Crippen molar-refractivity contribution in [2.45, 2.75) is 0 Å². The predicted octanol–water partition coefficient (Wildman–Crippen LogP) is 2.54. The molecule has 1 aliphatic rings. The van der Waals surface area contributed by atoms with Gasteiger partial charge in [0.25, 0.3) is 0 Å². The van der Waals surface area contributed by atoms with E-state index in [2.05, 4.69) is 34.5 Å². The first-order valence-electron chi connectivity index (χ1n) is 5.20. The normalized spacial score (nSPS) is 17.0. The van der Waals surface area contributed by atoms with Gasteiger partial charge in [-0.15, -0.1) is 0 Å². The van der Waals surface area contributed by atoms with E-state index >= 15 is 0 Å². The van der Waals surface area contributed by atoms with Gasteiger partial charge in [0.05, 0.1) is 12.5 Å². The monoisotopic (exact) mass is 250 g/mol. The molecule has 1 aliphatic heterocycles. The average molecular weight is 250 g/mol. The van der Waals surface area contributed by atoms with Gasteiger partial charge in [0.15, 0.2) is 0 Å². The largest absolute Gasteiger partial charge is 0.341 e. The Kier molecular flexibility index (Phi) is 4.39. The number of benzene rings is 1. The van der Waals surface area contributed by atoms with Crippen LogP contribution in [0.25, 0.3) is 6.08 Å². The smallest absolute Gasteiger partial charge is 0.138 e. The molecule has 1 aromatic rings. The highest BCUT2D eigenvalue weighted by molar-refractivity contribution is 8.22. The van der Waals surface area contributed by atoms with Crippen molar-refractivity contribution in [3.05, 3.63) is 42.0 Å². The average Bonchev–Trinajstić information content (AvgIpc) is 2.33. The molecular formula is C12H14N2S2. The summed E-state index contributed by atoms with van der Waals surface area (Å²) in [6, 6.07) is 10.3. The molecule has 1 heterocycles. The molecule has 4 heteroatoms. The van der Waals surface area contributed by atoms with E-state index in [1.54, 1.807) is 11.8 Å². The maximum absolute atomic E-state index is 5.27. The predicted molar refractivity (Wildman–Crippen MR) is 75.2 cm³/mol. The highest BCUT2D eigenvalue weighted by atomic mass is 32.2. The lowest BCUT2D eigenvalue weighted by molar-refractivity contribution is 0.437. The van der Waals surface area contributed by atoms with Crippen LogP contribution in [0.15, 0.2) is 36.4 Å². The third kappa shape index (κ3) is 3.33. The molecule has 1 N–H and O–H groups in total. The van der Waals surface area contributed by atoms with Crippen LogP contribution >= 0.6 is 24.0 Å². The second kappa shape index (κ2) is 6.03. The van der Waals surface area contributed by atoms with Gasteiger partial charge >= 0.3 is 0 Å². The summed E-state index contributed by atoms with van der Waals surface area (Å²) in [4.78, 5) is 2.16. The molecule has 0 spiro atoms. The molecule has 0 bridgehead atoms. The lowest BCUT2D eigenvalue weighted by Gasteiger charge is -2.28. The molecule has 1 aromatic carbocycles. The minimum absolute atomic E-state index is 0.852. The molecule has 0 saturated carbocycles. The summed E-state index contributed by atoms with van der Waals surface area (Å²) >= 11 is 6.96. The molecular weight excluding hydrogens is 236 g/mol. The maximum atomic E-state index is 5.27. The lowest BCUT2D eigenvalue weighted by atomic mass is 10.2. The van der Waals surface area contributed by atoms with Crippen molar-refractivity contribution in [2.24, 2.45) is 0 Å². The van der Waals surface area contributed by atoms with Crippen molar-refractivity contribution in [1.29, 1.82) is 0 Å². The highest BCUT2D eigenvalue weighted by Gasteiger charge is 2.12. The minimum atomic E-state index is 0.852. The van der Waals surface area contributed by atoms with Crippen LogP contribution in [0.5, 0.6) is 0 Å². The molecule has 0 aliphatic carbocycles. The Morgan fingerprint density at radius 2 is 2.19 bits per heavy atom. The fourth-order valence-electron chi connectivity index (χ4n) is 1.47. The first kappa shape index (κ1) is 11.6. The highest BCUT2D eigenvalue weighted by Crippen LogP contribution is 2.12. The van der Waals surface area contributed by atoms with E-state index in [4.69, 9.17) is 12.2 Å². The van der Waals surface area contributed by atoms with Gasteiger partial charge < -0.3 is 4.90 Å². The molecule has 16 heavy (non-hydrogen) atoms. The molecule has 2 rings (SSSR count). The fraction of sp³-hybridized carbons (Fsp3) is 0.250. The van der Waals surface area contributed by atoms with Gasteiger partial charge in [-0.1, -0.05) is 66.5 Å². The molecule has 0 aromatic heterocycles. The summed E-state index contributed by atoms with van der Waals surface area (Å²) in [7, 11) is 0. The van der Waals surface area contributed by atoms with Gasteiger partial charge in [0.1, 0.15) is 4.32 Å². The van der Waals surface area contributed by atoms with Gasteiger partial charge in [0.2, 0.25) is 0 Å². The van der Waals surface area contributed by atoms with Crippen LogP contribution in [0.3, 0.4) is 0 Å². The second-order valence-electron chi connectivity index (χ2n) is 3.50. The summed E-state index contributed by atoms with van der Waals surface area (Å²) in [5.74, 6) is 0.928. The first-order valence-corrected chi connectivity index (χ1v) is 6.59. The molecule has 0 radical (unpaired) electrons. The molecule has 1 fully saturated rings. The molecule has 0 atom stereocenters. The first-order chi connectivity index (χ1) is 7.86. The standard InChI is InChI=1S/C12H14N2S2/c15-12-14(9-13-10-16-12)8-4-7-11-5-2-1-3-6-11/h1-7,13H,8-10H2. The maximum Gasteiger partial charge on any atom is 0.138 e. The van der Waals surface area contributed by atoms with Crippen LogP contribution < -0.4 is 5.32 Å². The zero-order valence-electron chi connectivity index (χ0n) is 8.93. The third-order valence-electron chi connectivity index (χ3n) is 2.29. The summed E-state index contributed by atoms with van der Waals surface area (Å²) < 4.78 is 0.983. The quantitative estimate of drug-likeness (QED) is 0.829. The van der Waals surface area contributed by atoms with Crippen molar-refractivity contribution in [1.82, 2.24) is 10.2 Å². The molecule has 0 unspecified atom stereocenters. The van der Waals surface area contributed by atoms with Crippen LogP contribution in [0.4, 0.5) is 0 Å². The molecule has 2 nitrogen and oxygen atoms in total. The zero-order valence-corrected chi connectivity index (χ0v) is 10.6. The van der Waals surface area contributed by atoms with Crippen LogP contribution in [0, 0.1) is 0 Å². The third-order valence-corrected chi connectivity index (χ3v) is 3.76. The number of thiocarbonyl (C=S) groups is 1. The summed E-state index contributed by atoms with van der Waals surface area (Å²) in [5, 5.41) is 3.28. The summed E-state index contributed by atoms with van der Waals surface area (Å²) in [6.45, 7) is 1.72. The van der Waals surface area contributed by atoms with E-state index in [1.807, 2.05) is 18.2 Å². The van der Waals surface area contributed by atoms with Crippen molar-refractivity contribution < 1.29 is 0 Å². The van der Waals surface area contributed by atoms with Crippen LogP contribution in [0.1, 0.15) is 5.56 Å². The van der Waals surface area contributed by atoms with E-state index in [1.165, 1.54) is 5.56 Å². The van der Waals surface area contributed by atoms with Crippen molar-refractivity contribution in [3.63, 3.8) is 0 Å². The Bertz CT molecular complexity index is 376. The number of rotatable bonds is 3. The Labute approximate surface area is 106 Å². The van der Waals surface area contributed by atoms with Crippen molar-refractivity contribution in [3.8, 4) is 0 Å². The Hall–Kier alpha value is -0.840. The van der Waals surface area contributed by atoms with Crippen LogP contribution in [-0.4, -0.2) is 28.3 Å². The van der Waals surface area contributed by atoms with Crippen molar-refractivity contribution in [2.75, 3.05) is 19.1 Å². The molecule has 1 saturated heterocycles. The van der Waals surface area contributed by atoms with E-state index in [0.29, 0.717) is 0 Å². The number of thioether (sulfide) groups is 1. The summed E-state index contributed by atoms with van der Waals surface area (Å²) in [5.41, 5.74) is 1.23. The Balaban J connectivity index is 1.87. The van der Waals surface area contributed by atoms with Crippen LogP contribution in [0.2, 0.25) is 0 Å². The van der Waals surface area contributed by atoms with Gasteiger partial charge in [-0.2, -0.15) is 0 Å². The van der Waals surface area contributed by atoms with Crippen molar-refractivity contribution >= 4 is 34.4 Å². The van der Waals surface area contributed by atoms with E-state index in [9.17, 15) is 0 Å². The van der Waals surface area contributed by atoms with Gasteiger partial charge in [-0.3, -0.25) is 5.32 Å². The molecule has 0 amide bonds. The van der Waals surface area contributed by atoms with E-state index in [0.717, 1.165) is 23.4 Å². The van der Waals surface area contributed by atoms with Crippen LogP contribution in [-0.2, 0) is 0 Å². The SMILES string of the molecule is S=C1SCNCN1CC=Cc1ccccc1. The minimum Gasteiger partial charge on any atom is -0.341 e. The summed E-state index contributed by atoms with van der Waals surface area (Å²) in [6.07, 6.45) is 4.27. The van der Waals surface area contributed by atoms with E-state index < -0.39 is 0 Å². The topological polar surface area (TPSA) is 15.3 Å². The number of hydrogen-bond donors (Lipinski definition) is 1. The number of nitrogens with zero attached hydrogens (tertiary/aromatic N) is 1. The number of hydrogen-bond acceptors (Lipinski definition) is 3. The fourth-order valence-corrected chi connectivity index (χ4v) is 2.42. The second-order valence-corrected chi connectivity index (χ2v) is 5.11. The Morgan fingerprint density at radius 1 is 1.38 bits per heavy atom. The molecule has 84 valence electrons. The van der Waals surface area contributed by atoms with Gasteiger partial charge in [0, 0.05) is 6.54 Å². The van der Waals surface area contributed by atoms with Gasteiger partial charge in [-0.25, -0.2) is 0 Å².